The van der Waals surface area contributed by atoms with Gasteiger partial charge in [-0.25, -0.2) is 4.99 Å². The monoisotopic (exact) mass is 322 g/mol. The topological polar surface area (TPSA) is 47.6 Å². The van der Waals surface area contributed by atoms with Gasteiger partial charge in [-0.3, -0.25) is 0 Å². The summed E-state index contributed by atoms with van der Waals surface area (Å²) in [4.78, 5) is 4.14. The molecule has 0 heterocycles. The van der Waals surface area contributed by atoms with Gasteiger partial charge in [0.1, 0.15) is 17.3 Å². The minimum Gasteiger partial charge on any atom is -0.456 e. The molecule has 21 heavy (non-hydrogen) atoms. The quantitative estimate of drug-likeness (QED) is 0.490. The van der Waals surface area contributed by atoms with Crippen molar-refractivity contribution in [1.82, 2.24) is 0 Å². The maximum Gasteiger partial charge on any atom is 0.146 e. The highest BCUT2D eigenvalue weighted by molar-refractivity contribution is 6.32. The van der Waals surface area contributed by atoms with E-state index < -0.39 is 0 Å². The second kappa shape index (κ2) is 6.83. The molecule has 2 rings (SSSR count). The van der Waals surface area contributed by atoms with Crippen LogP contribution in [0.25, 0.3) is 0 Å². The molecule has 0 unspecified atom stereocenters. The summed E-state index contributed by atoms with van der Waals surface area (Å²) in [6, 6.07) is 11.3. The smallest absolute Gasteiger partial charge is 0.146 e. The van der Waals surface area contributed by atoms with Crippen LogP contribution in [0.5, 0.6) is 11.5 Å². The van der Waals surface area contributed by atoms with Crippen molar-refractivity contribution in [3.05, 3.63) is 52.5 Å². The number of hydrogen-bond donors (Lipinski definition) is 1. The van der Waals surface area contributed by atoms with Gasteiger partial charge in [-0.2, -0.15) is 0 Å². The number of alkyl halides is 1. The molecule has 0 amide bonds. The van der Waals surface area contributed by atoms with Crippen LogP contribution in [-0.4, -0.2) is 11.7 Å². The molecule has 0 aliphatic carbocycles. The standard InChI is InChI=1S/C16H16Cl2N2O/c1-10-3-4-11(2)15(7-10)21-14-6-5-12(8-13(14)18)20-16(19)9-17/h3-8H,9H2,1-2H3,(H2,19,20). The molecule has 0 atom stereocenters. The van der Waals surface area contributed by atoms with Crippen LogP contribution in [0, 0.1) is 13.8 Å². The molecule has 2 aromatic carbocycles. The highest BCUT2D eigenvalue weighted by atomic mass is 35.5. The van der Waals surface area contributed by atoms with E-state index in [-0.39, 0.29) is 5.88 Å². The molecule has 0 fully saturated rings. The van der Waals surface area contributed by atoms with Crippen molar-refractivity contribution >= 4 is 34.7 Å². The Bertz CT molecular complexity index is 684. The predicted molar refractivity (Wildman–Crippen MR) is 89.4 cm³/mol. The van der Waals surface area contributed by atoms with Crippen molar-refractivity contribution in [3.63, 3.8) is 0 Å². The summed E-state index contributed by atoms with van der Waals surface area (Å²) < 4.78 is 5.87. The van der Waals surface area contributed by atoms with Gasteiger partial charge in [0.15, 0.2) is 0 Å². The molecule has 0 spiro atoms. The average molecular weight is 323 g/mol. The number of hydrogen-bond acceptors (Lipinski definition) is 2. The molecule has 2 aromatic rings. The molecule has 0 aliphatic rings. The summed E-state index contributed by atoms with van der Waals surface area (Å²) in [6.07, 6.45) is 0. The number of rotatable bonds is 4. The molecule has 110 valence electrons. The summed E-state index contributed by atoms with van der Waals surface area (Å²) in [5.41, 5.74) is 8.42. The normalized spacial score (nSPS) is 11.5. The molecule has 0 saturated heterocycles. The van der Waals surface area contributed by atoms with Gasteiger partial charge in [-0.05, 0) is 49.2 Å². The summed E-state index contributed by atoms with van der Waals surface area (Å²) in [5, 5.41) is 0.472. The third-order valence-electron chi connectivity index (χ3n) is 2.89. The Kier molecular flexibility index (Phi) is 5.10. The lowest BCUT2D eigenvalue weighted by atomic mass is 10.1. The Morgan fingerprint density at radius 3 is 2.57 bits per heavy atom. The highest BCUT2D eigenvalue weighted by Gasteiger charge is 2.07. The summed E-state index contributed by atoms with van der Waals surface area (Å²) in [5.74, 6) is 1.89. The van der Waals surface area contributed by atoms with Gasteiger partial charge in [0, 0.05) is 0 Å². The third-order valence-corrected chi connectivity index (χ3v) is 3.46. The SMILES string of the molecule is Cc1ccc(C)c(Oc2ccc(N=C(N)CCl)cc2Cl)c1. The highest BCUT2D eigenvalue weighted by Crippen LogP contribution is 2.34. The lowest BCUT2D eigenvalue weighted by Crippen LogP contribution is -2.12. The molecule has 0 bridgehead atoms. The number of aliphatic imine (C=N–C) groups is 1. The molecule has 0 aliphatic heterocycles. The van der Waals surface area contributed by atoms with E-state index in [1.165, 1.54) is 0 Å². The fraction of sp³-hybridized carbons (Fsp3) is 0.188. The van der Waals surface area contributed by atoms with Crippen LogP contribution in [0.3, 0.4) is 0 Å². The Morgan fingerprint density at radius 2 is 1.90 bits per heavy atom. The molecule has 0 saturated carbocycles. The van der Waals surface area contributed by atoms with Crippen LogP contribution in [0.4, 0.5) is 5.69 Å². The van der Waals surface area contributed by atoms with Crippen molar-refractivity contribution in [3.8, 4) is 11.5 Å². The lowest BCUT2D eigenvalue weighted by molar-refractivity contribution is 0.479. The average Bonchev–Trinajstić information content (AvgIpc) is 2.45. The van der Waals surface area contributed by atoms with Crippen molar-refractivity contribution < 1.29 is 4.74 Å². The number of aryl methyl sites for hydroxylation is 2. The van der Waals surface area contributed by atoms with E-state index in [0.717, 1.165) is 16.9 Å². The molecule has 0 aromatic heterocycles. The van der Waals surface area contributed by atoms with Crippen molar-refractivity contribution in [2.75, 3.05) is 5.88 Å². The fourth-order valence-corrected chi connectivity index (χ4v) is 2.05. The van der Waals surface area contributed by atoms with E-state index >= 15 is 0 Å². The Balaban J connectivity index is 2.27. The number of ether oxygens (including phenoxy) is 1. The second-order valence-corrected chi connectivity index (χ2v) is 5.40. The number of benzene rings is 2. The van der Waals surface area contributed by atoms with E-state index in [1.54, 1.807) is 18.2 Å². The van der Waals surface area contributed by atoms with E-state index in [0.29, 0.717) is 22.3 Å². The van der Waals surface area contributed by atoms with Crippen LogP contribution in [0.1, 0.15) is 11.1 Å². The van der Waals surface area contributed by atoms with Gasteiger partial charge in [0.05, 0.1) is 16.6 Å². The van der Waals surface area contributed by atoms with Crippen LogP contribution < -0.4 is 10.5 Å². The third kappa shape index (κ3) is 4.13. The van der Waals surface area contributed by atoms with E-state index in [9.17, 15) is 0 Å². The van der Waals surface area contributed by atoms with Gasteiger partial charge < -0.3 is 10.5 Å². The molecule has 0 radical (unpaired) electrons. The van der Waals surface area contributed by atoms with Gasteiger partial charge in [-0.15, -0.1) is 11.6 Å². The number of halogens is 2. The van der Waals surface area contributed by atoms with Crippen LogP contribution in [0.15, 0.2) is 41.4 Å². The largest absolute Gasteiger partial charge is 0.456 e. The summed E-state index contributed by atoms with van der Waals surface area (Å²) >= 11 is 11.8. The molecule has 2 N–H and O–H groups in total. The Labute approximate surface area is 134 Å². The first kappa shape index (κ1) is 15.7. The van der Waals surface area contributed by atoms with Gasteiger partial charge in [0.2, 0.25) is 0 Å². The molecular formula is C16H16Cl2N2O. The molecular weight excluding hydrogens is 307 g/mol. The first-order valence-corrected chi connectivity index (χ1v) is 7.34. The van der Waals surface area contributed by atoms with Crippen LogP contribution >= 0.6 is 23.2 Å². The lowest BCUT2D eigenvalue weighted by Gasteiger charge is -2.11. The zero-order valence-electron chi connectivity index (χ0n) is 11.9. The number of nitrogens with two attached hydrogens (primary N) is 1. The maximum atomic E-state index is 6.23. The summed E-state index contributed by atoms with van der Waals surface area (Å²) in [7, 11) is 0. The minimum absolute atomic E-state index is 0.179. The minimum atomic E-state index is 0.179. The predicted octanol–water partition coefficient (Wildman–Crippen LogP) is 4.98. The zero-order chi connectivity index (χ0) is 15.4. The van der Waals surface area contributed by atoms with Crippen LogP contribution in [-0.2, 0) is 0 Å². The van der Waals surface area contributed by atoms with Crippen molar-refractivity contribution in [2.24, 2.45) is 10.7 Å². The Morgan fingerprint density at radius 1 is 1.14 bits per heavy atom. The number of amidine groups is 1. The van der Waals surface area contributed by atoms with Gasteiger partial charge in [-0.1, -0.05) is 23.7 Å². The second-order valence-electron chi connectivity index (χ2n) is 4.72. The summed E-state index contributed by atoms with van der Waals surface area (Å²) in [6.45, 7) is 4.00. The van der Waals surface area contributed by atoms with E-state index in [2.05, 4.69) is 4.99 Å². The molecule has 3 nitrogen and oxygen atoms in total. The maximum absolute atomic E-state index is 6.23. The van der Waals surface area contributed by atoms with Crippen LogP contribution in [0.2, 0.25) is 5.02 Å². The van der Waals surface area contributed by atoms with Crippen molar-refractivity contribution in [1.29, 1.82) is 0 Å². The van der Waals surface area contributed by atoms with E-state index in [1.807, 2.05) is 32.0 Å². The van der Waals surface area contributed by atoms with Gasteiger partial charge >= 0.3 is 0 Å². The fourth-order valence-electron chi connectivity index (χ4n) is 1.77. The van der Waals surface area contributed by atoms with E-state index in [4.69, 9.17) is 33.7 Å². The molecule has 5 heteroatoms. The first-order chi connectivity index (χ1) is 9.99. The number of nitrogens with zero attached hydrogens (tertiary/aromatic N) is 1. The van der Waals surface area contributed by atoms with Gasteiger partial charge in [0.25, 0.3) is 0 Å². The van der Waals surface area contributed by atoms with Crippen molar-refractivity contribution in [2.45, 2.75) is 13.8 Å². The zero-order valence-corrected chi connectivity index (χ0v) is 13.4. The Hall–Kier alpha value is -1.71. The first-order valence-electron chi connectivity index (χ1n) is 6.43.